The van der Waals surface area contributed by atoms with Crippen LogP contribution in [-0.4, -0.2) is 13.0 Å². The van der Waals surface area contributed by atoms with Crippen molar-refractivity contribution in [2.75, 3.05) is 7.05 Å². The second-order valence-corrected chi connectivity index (χ2v) is 2.48. The first kappa shape index (κ1) is 15.7. The third-order valence-corrected chi connectivity index (χ3v) is 1.56. The summed E-state index contributed by atoms with van der Waals surface area (Å²) in [6.45, 7) is 0. The lowest BCUT2D eigenvalue weighted by molar-refractivity contribution is -0.119. The van der Waals surface area contributed by atoms with Crippen molar-refractivity contribution in [1.29, 1.82) is 0 Å². The first-order chi connectivity index (χ1) is 5.72. The summed E-state index contributed by atoms with van der Waals surface area (Å²) in [6.07, 6.45) is 0.302. The van der Waals surface area contributed by atoms with Gasteiger partial charge in [0.15, 0.2) is 0 Å². The van der Waals surface area contributed by atoms with Crippen LogP contribution in [0.15, 0.2) is 24.3 Å². The Morgan fingerprint density at radius 3 is 2.21 bits per heavy atom. The monoisotopic (exact) mass is 239 g/mol. The zero-order valence-corrected chi connectivity index (χ0v) is 9.25. The van der Waals surface area contributed by atoms with Gasteiger partial charge in [-0.1, -0.05) is 12.1 Å². The maximum atomic E-state index is 12.4. The molecular formula is C9H12Cl2FNO. The molecule has 0 aromatic heterocycles. The SMILES string of the molecule is CNC(=O)Cc1ccc(F)cc1.Cl.Cl. The molecule has 1 amide bonds. The highest BCUT2D eigenvalue weighted by Gasteiger charge is 1.99. The fourth-order valence-corrected chi connectivity index (χ4v) is 0.876. The van der Waals surface area contributed by atoms with Gasteiger partial charge < -0.3 is 5.32 Å². The van der Waals surface area contributed by atoms with Gasteiger partial charge in [0, 0.05) is 7.05 Å². The van der Waals surface area contributed by atoms with Crippen LogP contribution in [0.2, 0.25) is 0 Å². The third kappa shape index (κ3) is 5.04. The van der Waals surface area contributed by atoms with Gasteiger partial charge in [0.1, 0.15) is 5.82 Å². The molecule has 0 saturated carbocycles. The average Bonchev–Trinajstić information content (AvgIpc) is 2.09. The van der Waals surface area contributed by atoms with E-state index in [-0.39, 0.29) is 36.5 Å². The van der Waals surface area contributed by atoms with E-state index in [1.807, 2.05) is 0 Å². The van der Waals surface area contributed by atoms with Gasteiger partial charge in [-0.05, 0) is 17.7 Å². The summed E-state index contributed by atoms with van der Waals surface area (Å²) < 4.78 is 12.4. The molecule has 0 aliphatic carbocycles. The number of nitrogens with one attached hydrogen (secondary N) is 1. The van der Waals surface area contributed by atoms with E-state index in [4.69, 9.17) is 0 Å². The van der Waals surface area contributed by atoms with Gasteiger partial charge in [0.05, 0.1) is 6.42 Å². The Kier molecular flexibility index (Phi) is 8.49. The molecule has 0 unspecified atom stereocenters. The third-order valence-electron chi connectivity index (χ3n) is 1.56. The average molecular weight is 240 g/mol. The number of hydrogen-bond acceptors (Lipinski definition) is 1. The van der Waals surface area contributed by atoms with Gasteiger partial charge in [-0.15, -0.1) is 24.8 Å². The van der Waals surface area contributed by atoms with Crippen molar-refractivity contribution < 1.29 is 9.18 Å². The summed E-state index contributed by atoms with van der Waals surface area (Å²) in [7, 11) is 1.58. The molecule has 80 valence electrons. The van der Waals surface area contributed by atoms with Crippen LogP contribution in [0.4, 0.5) is 4.39 Å². The highest BCUT2D eigenvalue weighted by molar-refractivity contribution is 5.85. The molecule has 0 atom stereocenters. The van der Waals surface area contributed by atoms with E-state index in [1.54, 1.807) is 19.2 Å². The molecule has 0 saturated heterocycles. The number of hydrogen-bond donors (Lipinski definition) is 1. The predicted octanol–water partition coefficient (Wildman–Crippen LogP) is 1.96. The Bertz CT molecular complexity index is 277. The van der Waals surface area contributed by atoms with Crippen LogP contribution in [0.5, 0.6) is 0 Å². The Hall–Kier alpha value is -0.800. The summed E-state index contributed by atoms with van der Waals surface area (Å²) in [5.41, 5.74) is 0.816. The molecule has 0 fully saturated rings. The van der Waals surface area contributed by atoms with Crippen LogP contribution in [-0.2, 0) is 11.2 Å². The fraction of sp³-hybridized carbons (Fsp3) is 0.222. The minimum atomic E-state index is -0.282. The second-order valence-electron chi connectivity index (χ2n) is 2.48. The Labute approximate surface area is 94.7 Å². The quantitative estimate of drug-likeness (QED) is 0.841. The molecular weight excluding hydrogens is 228 g/mol. The number of rotatable bonds is 2. The lowest BCUT2D eigenvalue weighted by Crippen LogP contribution is -2.19. The molecule has 0 aliphatic rings. The molecule has 1 aromatic rings. The number of carbonyl (C=O) groups excluding carboxylic acids is 1. The van der Waals surface area contributed by atoms with Crippen molar-refractivity contribution in [1.82, 2.24) is 5.32 Å². The lowest BCUT2D eigenvalue weighted by atomic mass is 10.1. The standard InChI is InChI=1S/C9H10FNO.2ClH/c1-11-9(12)6-7-2-4-8(10)5-3-7;;/h2-5H,6H2,1H3,(H,11,12);2*1H. The van der Waals surface area contributed by atoms with Crippen molar-refractivity contribution in [2.45, 2.75) is 6.42 Å². The van der Waals surface area contributed by atoms with Crippen molar-refractivity contribution >= 4 is 30.7 Å². The molecule has 0 radical (unpaired) electrons. The molecule has 1 aromatic carbocycles. The summed E-state index contributed by atoms with van der Waals surface area (Å²) in [4.78, 5) is 10.9. The van der Waals surface area contributed by atoms with Gasteiger partial charge in [0.25, 0.3) is 0 Å². The van der Waals surface area contributed by atoms with Crippen LogP contribution in [0, 0.1) is 5.82 Å². The zero-order chi connectivity index (χ0) is 8.97. The van der Waals surface area contributed by atoms with E-state index < -0.39 is 0 Å². The van der Waals surface area contributed by atoms with Crippen molar-refractivity contribution in [3.63, 3.8) is 0 Å². The molecule has 2 nitrogen and oxygen atoms in total. The second kappa shape index (κ2) is 7.59. The molecule has 0 spiro atoms. The molecule has 0 aliphatic heterocycles. The Balaban J connectivity index is 0. The summed E-state index contributed by atoms with van der Waals surface area (Å²) >= 11 is 0. The lowest BCUT2D eigenvalue weighted by Gasteiger charge is -1.98. The highest BCUT2D eigenvalue weighted by atomic mass is 35.5. The molecule has 14 heavy (non-hydrogen) atoms. The van der Waals surface area contributed by atoms with Crippen molar-refractivity contribution in [2.24, 2.45) is 0 Å². The number of carbonyl (C=O) groups is 1. The summed E-state index contributed by atoms with van der Waals surface area (Å²) in [6, 6.07) is 5.89. The van der Waals surface area contributed by atoms with Crippen LogP contribution in [0.1, 0.15) is 5.56 Å². The van der Waals surface area contributed by atoms with E-state index >= 15 is 0 Å². The minimum Gasteiger partial charge on any atom is -0.359 e. The number of halogens is 3. The summed E-state index contributed by atoms with van der Waals surface area (Å²) in [5, 5.41) is 2.50. The molecule has 1 rings (SSSR count). The van der Waals surface area contributed by atoms with E-state index in [9.17, 15) is 9.18 Å². The fourth-order valence-electron chi connectivity index (χ4n) is 0.876. The molecule has 5 heteroatoms. The summed E-state index contributed by atoms with van der Waals surface area (Å²) in [5.74, 6) is -0.350. The van der Waals surface area contributed by atoms with Crippen molar-refractivity contribution in [3.05, 3.63) is 35.6 Å². The first-order valence-corrected chi connectivity index (χ1v) is 3.67. The van der Waals surface area contributed by atoms with Crippen LogP contribution in [0.3, 0.4) is 0 Å². The number of likely N-dealkylation sites (N-methyl/N-ethyl adjacent to an activating group) is 1. The van der Waals surface area contributed by atoms with E-state index in [2.05, 4.69) is 5.32 Å². The van der Waals surface area contributed by atoms with Gasteiger partial charge >= 0.3 is 0 Å². The van der Waals surface area contributed by atoms with Crippen LogP contribution < -0.4 is 5.32 Å². The van der Waals surface area contributed by atoms with E-state index in [0.717, 1.165) is 5.56 Å². The van der Waals surface area contributed by atoms with Crippen LogP contribution >= 0.6 is 24.8 Å². The Morgan fingerprint density at radius 1 is 1.29 bits per heavy atom. The normalized spacial score (nSPS) is 8.14. The molecule has 0 bridgehead atoms. The number of amides is 1. The van der Waals surface area contributed by atoms with Gasteiger partial charge in [-0.2, -0.15) is 0 Å². The maximum absolute atomic E-state index is 12.4. The smallest absolute Gasteiger partial charge is 0.224 e. The largest absolute Gasteiger partial charge is 0.359 e. The highest BCUT2D eigenvalue weighted by Crippen LogP contribution is 2.02. The first-order valence-electron chi connectivity index (χ1n) is 3.67. The molecule has 0 heterocycles. The Morgan fingerprint density at radius 2 is 1.79 bits per heavy atom. The van der Waals surface area contributed by atoms with E-state index in [1.165, 1.54) is 12.1 Å². The maximum Gasteiger partial charge on any atom is 0.224 e. The van der Waals surface area contributed by atoms with Gasteiger partial charge in [-0.25, -0.2) is 4.39 Å². The molecule has 1 N–H and O–H groups in total. The van der Waals surface area contributed by atoms with Crippen molar-refractivity contribution in [3.8, 4) is 0 Å². The van der Waals surface area contributed by atoms with Gasteiger partial charge in [-0.3, -0.25) is 4.79 Å². The predicted molar refractivity (Wildman–Crippen MR) is 58.7 cm³/mol. The minimum absolute atomic E-state index is 0. The number of benzene rings is 1. The van der Waals surface area contributed by atoms with Gasteiger partial charge in [0.2, 0.25) is 5.91 Å². The van der Waals surface area contributed by atoms with E-state index in [0.29, 0.717) is 6.42 Å². The topological polar surface area (TPSA) is 29.1 Å². The zero-order valence-electron chi connectivity index (χ0n) is 7.62. The van der Waals surface area contributed by atoms with Crippen LogP contribution in [0.25, 0.3) is 0 Å².